The lowest BCUT2D eigenvalue weighted by Gasteiger charge is -2.44. The highest BCUT2D eigenvalue weighted by molar-refractivity contribution is 7.91. The Morgan fingerprint density at radius 2 is 1.79 bits per heavy atom. The molecule has 2 N–H and O–H groups in total. The molecule has 12 heteroatoms. The molecule has 10 nitrogen and oxygen atoms in total. The minimum absolute atomic E-state index is 0.0428. The number of rotatable bonds is 5. The number of hydrogen-bond acceptors (Lipinski definition) is 8. The molecule has 0 unspecified atom stereocenters. The molecule has 0 aliphatic carbocycles. The van der Waals surface area contributed by atoms with Crippen LogP contribution in [0.1, 0.15) is 31.2 Å². The molecule has 3 aliphatic rings. The molecule has 4 heterocycles. The van der Waals surface area contributed by atoms with Gasteiger partial charge in [-0.25, -0.2) is 21.8 Å². The lowest BCUT2D eigenvalue weighted by Crippen LogP contribution is -2.57. The monoisotopic (exact) mass is 499 g/mol. The Labute approximate surface area is 196 Å². The van der Waals surface area contributed by atoms with Crippen LogP contribution in [0.2, 0.25) is 0 Å². The van der Waals surface area contributed by atoms with Crippen LogP contribution < -0.4 is 5.73 Å². The summed E-state index contributed by atoms with van der Waals surface area (Å²) in [5, 5.41) is -0.0555. The molecular weight excluding hydrogens is 466 g/mol. The van der Waals surface area contributed by atoms with Crippen LogP contribution in [0.4, 0.5) is 0 Å². The second kappa shape index (κ2) is 9.95. The predicted octanol–water partition coefficient (Wildman–Crippen LogP) is -0.338. The first kappa shape index (κ1) is 24.5. The molecule has 3 fully saturated rings. The molecule has 4 rings (SSSR count). The van der Waals surface area contributed by atoms with Gasteiger partial charge in [0, 0.05) is 45.0 Å². The zero-order valence-electron chi connectivity index (χ0n) is 18.8. The summed E-state index contributed by atoms with van der Waals surface area (Å²) in [5.74, 6) is -0.757. The van der Waals surface area contributed by atoms with E-state index in [1.165, 1.54) is 16.6 Å². The van der Waals surface area contributed by atoms with Crippen LogP contribution in [0.15, 0.2) is 23.4 Å². The Morgan fingerprint density at radius 1 is 1.09 bits per heavy atom. The van der Waals surface area contributed by atoms with Crippen molar-refractivity contribution in [1.29, 1.82) is 0 Å². The average Bonchev–Trinajstić information content (AvgIpc) is 2.84. The van der Waals surface area contributed by atoms with Gasteiger partial charge in [0.2, 0.25) is 5.91 Å². The van der Waals surface area contributed by atoms with Gasteiger partial charge < -0.3 is 10.6 Å². The van der Waals surface area contributed by atoms with Crippen LogP contribution >= 0.6 is 0 Å². The molecule has 0 spiro atoms. The van der Waals surface area contributed by atoms with E-state index in [9.17, 15) is 21.6 Å². The van der Waals surface area contributed by atoms with Crippen LogP contribution in [-0.2, 0) is 31.2 Å². The summed E-state index contributed by atoms with van der Waals surface area (Å²) in [4.78, 5) is 21.3. The third-order valence-electron chi connectivity index (χ3n) is 6.95. The van der Waals surface area contributed by atoms with Gasteiger partial charge in [0.15, 0.2) is 14.9 Å². The minimum atomic E-state index is -3.91. The van der Waals surface area contributed by atoms with E-state index in [1.54, 1.807) is 11.0 Å². The van der Waals surface area contributed by atoms with E-state index in [0.29, 0.717) is 18.5 Å². The quantitative estimate of drug-likeness (QED) is 0.582. The number of hydrogen-bond donors (Lipinski definition) is 1. The van der Waals surface area contributed by atoms with Crippen molar-refractivity contribution in [3.05, 3.63) is 23.9 Å². The van der Waals surface area contributed by atoms with Crippen molar-refractivity contribution in [2.24, 2.45) is 11.7 Å². The molecule has 33 heavy (non-hydrogen) atoms. The van der Waals surface area contributed by atoms with E-state index >= 15 is 0 Å². The number of carbonyl (C=O) groups excluding carboxylic acids is 1. The van der Waals surface area contributed by atoms with E-state index in [1.807, 2.05) is 0 Å². The Kier molecular flexibility index (Phi) is 7.39. The number of likely N-dealkylation sites (tertiary alicyclic amines) is 1. The summed E-state index contributed by atoms with van der Waals surface area (Å²) >= 11 is 0. The topological polar surface area (TPSA) is 134 Å². The first-order valence-electron chi connectivity index (χ1n) is 11.6. The zero-order valence-corrected chi connectivity index (χ0v) is 20.4. The van der Waals surface area contributed by atoms with Gasteiger partial charge in [0.25, 0.3) is 10.0 Å². The average molecular weight is 500 g/mol. The zero-order chi connectivity index (χ0) is 23.6. The molecular formula is C21H33N5O5S2. The normalized spacial score (nSPS) is 27.4. The van der Waals surface area contributed by atoms with Crippen molar-refractivity contribution in [2.75, 3.05) is 50.8 Å². The number of nitrogens with zero attached hydrogens (tertiary/aromatic N) is 4. The predicted molar refractivity (Wildman–Crippen MR) is 123 cm³/mol. The Balaban J connectivity index is 1.58. The number of carbonyl (C=O) groups is 1. The van der Waals surface area contributed by atoms with Crippen LogP contribution in [0.25, 0.3) is 0 Å². The maximum Gasteiger partial charge on any atom is 0.260 e. The summed E-state index contributed by atoms with van der Waals surface area (Å²) < 4.78 is 52.0. The third kappa shape index (κ3) is 5.56. The van der Waals surface area contributed by atoms with E-state index < -0.39 is 25.8 Å². The fraction of sp³-hybridized carbons (Fsp3) is 0.714. The van der Waals surface area contributed by atoms with Gasteiger partial charge in [-0.15, -0.1) is 0 Å². The van der Waals surface area contributed by atoms with Crippen LogP contribution in [0.3, 0.4) is 0 Å². The lowest BCUT2D eigenvalue weighted by atomic mass is 9.92. The van der Waals surface area contributed by atoms with Crippen LogP contribution in [-0.4, -0.2) is 98.6 Å². The molecule has 0 saturated carbocycles. The smallest absolute Gasteiger partial charge is 0.260 e. The second-order valence-electron chi connectivity index (χ2n) is 9.19. The maximum absolute atomic E-state index is 13.5. The van der Waals surface area contributed by atoms with E-state index in [4.69, 9.17) is 5.73 Å². The molecule has 3 saturated heterocycles. The third-order valence-corrected chi connectivity index (χ3v) is 10.3. The highest BCUT2D eigenvalue weighted by Crippen LogP contribution is 2.29. The van der Waals surface area contributed by atoms with Gasteiger partial charge in [-0.1, -0.05) is 6.42 Å². The second-order valence-corrected chi connectivity index (χ2v) is 13.4. The highest BCUT2D eigenvalue weighted by atomic mass is 32.2. The fourth-order valence-electron chi connectivity index (χ4n) is 5.00. The number of piperidine rings is 2. The van der Waals surface area contributed by atoms with Crippen molar-refractivity contribution in [3.63, 3.8) is 0 Å². The summed E-state index contributed by atoms with van der Waals surface area (Å²) in [7, 11) is -7.02. The van der Waals surface area contributed by atoms with Gasteiger partial charge in [-0.3, -0.25) is 9.69 Å². The maximum atomic E-state index is 13.5. The molecule has 2 atom stereocenters. The standard InChI is InChI=1S/C21H33N5O5S2/c22-14-17-4-5-23-20(12-17)33(30,31)26-15-18(13-19(16-26)24-6-2-1-3-7-24)21(27)25-8-10-32(28,29)11-9-25/h4-5,12,18-19H,1-3,6-11,13-16,22H2/t18-,19+/m0/s1. The lowest BCUT2D eigenvalue weighted by molar-refractivity contribution is -0.137. The van der Waals surface area contributed by atoms with Crippen molar-refractivity contribution < 1.29 is 21.6 Å². The van der Waals surface area contributed by atoms with Crippen molar-refractivity contribution >= 4 is 25.8 Å². The summed E-state index contributed by atoms with van der Waals surface area (Å²) in [6.45, 7) is 2.71. The van der Waals surface area contributed by atoms with Gasteiger partial charge >= 0.3 is 0 Å². The van der Waals surface area contributed by atoms with Crippen molar-refractivity contribution in [1.82, 2.24) is 19.1 Å². The Morgan fingerprint density at radius 3 is 2.45 bits per heavy atom. The van der Waals surface area contributed by atoms with Crippen LogP contribution in [0, 0.1) is 5.92 Å². The summed E-state index contributed by atoms with van der Waals surface area (Å²) in [6, 6.07) is 3.11. The van der Waals surface area contributed by atoms with Gasteiger partial charge in [-0.05, 0) is 50.0 Å². The number of pyridine rings is 1. The molecule has 1 amide bonds. The molecule has 0 radical (unpaired) electrons. The number of sulfonamides is 1. The van der Waals surface area contributed by atoms with Gasteiger partial charge in [0.05, 0.1) is 17.4 Å². The van der Waals surface area contributed by atoms with E-state index in [0.717, 1.165) is 32.4 Å². The Hall–Kier alpha value is -1.60. The van der Waals surface area contributed by atoms with E-state index in [2.05, 4.69) is 9.88 Å². The number of sulfone groups is 1. The largest absolute Gasteiger partial charge is 0.340 e. The minimum Gasteiger partial charge on any atom is -0.340 e. The van der Waals surface area contributed by atoms with Gasteiger partial charge in [0.1, 0.15) is 0 Å². The SMILES string of the molecule is NCc1ccnc(S(=O)(=O)N2C[C@@H](C(=O)N3CCS(=O)(=O)CC3)C[C@@H](N3CCCCC3)C2)c1. The number of amides is 1. The summed E-state index contributed by atoms with van der Waals surface area (Å²) in [5.41, 5.74) is 6.36. The molecule has 3 aliphatic heterocycles. The summed E-state index contributed by atoms with van der Waals surface area (Å²) in [6.07, 6.45) is 5.30. The molecule has 1 aromatic rings. The molecule has 184 valence electrons. The highest BCUT2D eigenvalue weighted by Gasteiger charge is 2.42. The first-order valence-corrected chi connectivity index (χ1v) is 14.8. The number of nitrogens with two attached hydrogens (primary N) is 1. The Bertz CT molecular complexity index is 1060. The van der Waals surface area contributed by atoms with Gasteiger partial charge in [-0.2, -0.15) is 4.31 Å². The number of aromatic nitrogens is 1. The fourth-order valence-corrected chi connectivity index (χ4v) is 7.70. The van der Waals surface area contributed by atoms with Crippen molar-refractivity contribution in [2.45, 2.75) is 43.3 Å². The first-order chi connectivity index (χ1) is 15.7. The molecule has 1 aromatic heterocycles. The van der Waals surface area contributed by atoms with Crippen molar-refractivity contribution in [3.8, 4) is 0 Å². The molecule has 0 bridgehead atoms. The van der Waals surface area contributed by atoms with E-state index in [-0.39, 0.29) is 54.7 Å². The van der Waals surface area contributed by atoms with Crippen LogP contribution in [0.5, 0.6) is 0 Å². The molecule has 0 aromatic carbocycles.